The average Bonchev–Trinajstić information content (AvgIpc) is 3.18. The van der Waals surface area contributed by atoms with Gasteiger partial charge in [0.05, 0.1) is 23.2 Å². The Morgan fingerprint density at radius 3 is 2.73 bits per heavy atom. The van der Waals surface area contributed by atoms with Gasteiger partial charge in [-0.25, -0.2) is 0 Å². The number of amides is 2. The third kappa shape index (κ3) is 3.46. The van der Waals surface area contributed by atoms with Gasteiger partial charge in [0, 0.05) is 19.7 Å². The van der Waals surface area contributed by atoms with Gasteiger partial charge in [0.15, 0.2) is 0 Å². The van der Waals surface area contributed by atoms with Crippen molar-refractivity contribution in [2.75, 3.05) is 0 Å². The maximum Gasteiger partial charge on any atom is 0.416 e. The second-order valence-electron chi connectivity index (χ2n) is 8.27. The zero-order chi connectivity index (χ0) is 21.7. The molecule has 0 aliphatic carbocycles. The molecule has 0 radical (unpaired) electrons. The average molecular weight is 420 g/mol. The minimum absolute atomic E-state index is 0.0994. The molecule has 160 valence electrons. The molecule has 3 atom stereocenters. The molecular weight excluding hydrogens is 397 g/mol. The first-order valence-corrected chi connectivity index (χ1v) is 9.89. The first kappa shape index (κ1) is 20.4. The van der Waals surface area contributed by atoms with E-state index in [0.717, 1.165) is 12.1 Å². The van der Waals surface area contributed by atoms with Crippen molar-refractivity contribution in [3.63, 3.8) is 0 Å². The molecule has 0 bridgehead atoms. The maximum absolute atomic E-state index is 13.5. The number of nitrogens with one attached hydrogen (secondary N) is 1. The van der Waals surface area contributed by atoms with E-state index in [1.54, 1.807) is 24.1 Å². The van der Waals surface area contributed by atoms with Crippen molar-refractivity contribution in [3.8, 4) is 0 Å². The highest BCUT2D eigenvalue weighted by atomic mass is 19.4. The zero-order valence-electron chi connectivity index (χ0n) is 16.7. The summed E-state index contributed by atoms with van der Waals surface area (Å²) in [5.41, 5.74) is -0.717. The van der Waals surface area contributed by atoms with E-state index in [-0.39, 0.29) is 17.9 Å². The Kier molecular flexibility index (Phi) is 4.86. The van der Waals surface area contributed by atoms with Crippen LogP contribution in [-0.4, -0.2) is 38.1 Å². The van der Waals surface area contributed by atoms with E-state index in [4.69, 9.17) is 0 Å². The van der Waals surface area contributed by atoms with Gasteiger partial charge < -0.3 is 10.2 Å². The first-order chi connectivity index (χ1) is 14.1. The molecule has 1 N–H and O–H groups in total. The van der Waals surface area contributed by atoms with Crippen LogP contribution in [0.15, 0.2) is 36.5 Å². The third-order valence-corrected chi connectivity index (χ3v) is 6.20. The number of nitrogens with zero attached hydrogens (tertiary/aromatic N) is 3. The zero-order valence-corrected chi connectivity index (χ0v) is 16.7. The third-order valence-electron chi connectivity index (χ3n) is 6.20. The van der Waals surface area contributed by atoms with Crippen LogP contribution in [0.4, 0.5) is 13.2 Å². The number of aromatic nitrogens is 2. The molecule has 1 aromatic heterocycles. The van der Waals surface area contributed by atoms with Crippen molar-refractivity contribution >= 4 is 11.8 Å². The van der Waals surface area contributed by atoms with E-state index in [9.17, 15) is 22.8 Å². The number of carbonyl (C=O) groups excluding carboxylic acids is 2. The molecule has 0 saturated carbocycles. The van der Waals surface area contributed by atoms with Gasteiger partial charge in [0.25, 0.3) is 5.91 Å². The summed E-state index contributed by atoms with van der Waals surface area (Å²) in [4.78, 5) is 27.4. The lowest BCUT2D eigenvalue weighted by Gasteiger charge is -2.35. The fourth-order valence-corrected chi connectivity index (χ4v) is 4.79. The molecule has 0 unspecified atom stereocenters. The standard InChI is InChI=1S/C21H23F3N4O2/c1-20-12-16(13-5-3-6-14(11-13)21(22,23)24)28(17(20)7-4-8-18(29)26-20)19(30)15-9-10-25-27(15)2/h3,5-6,9-11,16-17H,4,7-8,12H2,1-2H3,(H,26,29)/t16-,17-,20-/m0/s1. The molecule has 2 amide bonds. The Balaban J connectivity index is 1.81. The van der Waals surface area contributed by atoms with Crippen LogP contribution in [0.3, 0.4) is 0 Å². The van der Waals surface area contributed by atoms with E-state index in [2.05, 4.69) is 10.4 Å². The normalized spacial score (nSPS) is 26.8. The van der Waals surface area contributed by atoms with Crippen molar-refractivity contribution in [1.29, 1.82) is 0 Å². The molecule has 9 heteroatoms. The minimum atomic E-state index is -4.48. The number of hydrogen-bond donors (Lipinski definition) is 1. The molecule has 2 aliphatic heterocycles. The smallest absolute Gasteiger partial charge is 0.349 e. The highest BCUT2D eigenvalue weighted by Crippen LogP contribution is 2.46. The highest BCUT2D eigenvalue weighted by molar-refractivity contribution is 5.93. The van der Waals surface area contributed by atoms with E-state index in [1.807, 2.05) is 6.92 Å². The SMILES string of the molecule is Cn1nccc1C(=O)N1[C@H]2CCCC(=O)N[C@@]2(C)C[C@H]1c1cccc(C(F)(F)F)c1. The summed E-state index contributed by atoms with van der Waals surface area (Å²) in [7, 11) is 1.65. The van der Waals surface area contributed by atoms with E-state index < -0.39 is 23.3 Å². The van der Waals surface area contributed by atoms with Crippen LogP contribution in [0.25, 0.3) is 0 Å². The molecule has 2 saturated heterocycles. The largest absolute Gasteiger partial charge is 0.416 e. The van der Waals surface area contributed by atoms with Crippen molar-refractivity contribution in [2.24, 2.45) is 7.05 Å². The van der Waals surface area contributed by atoms with Crippen molar-refractivity contribution < 1.29 is 22.8 Å². The maximum atomic E-state index is 13.5. The molecule has 3 heterocycles. The molecule has 1 aromatic carbocycles. The summed E-state index contributed by atoms with van der Waals surface area (Å²) in [6, 6.07) is 5.77. The molecule has 30 heavy (non-hydrogen) atoms. The van der Waals surface area contributed by atoms with E-state index in [0.29, 0.717) is 36.9 Å². The quantitative estimate of drug-likeness (QED) is 0.809. The van der Waals surface area contributed by atoms with Crippen LogP contribution in [0.1, 0.15) is 60.3 Å². The Hall–Kier alpha value is -2.84. The molecule has 2 aromatic rings. The number of fused-ring (bicyclic) bond motifs is 1. The predicted octanol–water partition coefficient (Wildman–Crippen LogP) is 3.45. The van der Waals surface area contributed by atoms with Crippen LogP contribution in [0.5, 0.6) is 0 Å². The summed E-state index contributed by atoms with van der Waals surface area (Å²) in [5.74, 6) is -0.403. The van der Waals surface area contributed by atoms with Crippen LogP contribution in [-0.2, 0) is 18.0 Å². The minimum Gasteiger partial charge on any atom is -0.349 e. The van der Waals surface area contributed by atoms with Crippen LogP contribution in [0, 0.1) is 0 Å². The number of halogens is 3. The fraction of sp³-hybridized carbons (Fsp3) is 0.476. The summed E-state index contributed by atoms with van der Waals surface area (Å²) in [6.07, 6.45) is -1.06. The summed E-state index contributed by atoms with van der Waals surface area (Å²) in [5, 5.41) is 7.08. The van der Waals surface area contributed by atoms with Gasteiger partial charge in [-0.2, -0.15) is 18.3 Å². The lowest BCUT2D eigenvalue weighted by atomic mass is 9.88. The van der Waals surface area contributed by atoms with Gasteiger partial charge in [0.2, 0.25) is 5.91 Å². The molecule has 6 nitrogen and oxygen atoms in total. The number of hydrogen-bond acceptors (Lipinski definition) is 3. The predicted molar refractivity (Wildman–Crippen MR) is 102 cm³/mol. The molecule has 4 rings (SSSR count). The summed E-state index contributed by atoms with van der Waals surface area (Å²) < 4.78 is 41.4. The fourth-order valence-electron chi connectivity index (χ4n) is 4.79. The topological polar surface area (TPSA) is 67.2 Å². The number of alkyl halides is 3. The first-order valence-electron chi connectivity index (χ1n) is 9.89. The van der Waals surface area contributed by atoms with E-state index >= 15 is 0 Å². The van der Waals surface area contributed by atoms with Gasteiger partial charge in [-0.3, -0.25) is 14.3 Å². The number of aryl methyl sites for hydroxylation is 1. The van der Waals surface area contributed by atoms with Gasteiger partial charge in [-0.15, -0.1) is 0 Å². The van der Waals surface area contributed by atoms with Crippen molar-refractivity contribution in [2.45, 2.75) is 56.4 Å². The highest BCUT2D eigenvalue weighted by Gasteiger charge is 2.53. The van der Waals surface area contributed by atoms with Crippen LogP contribution < -0.4 is 5.32 Å². The van der Waals surface area contributed by atoms with Gasteiger partial charge in [-0.1, -0.05) is 12.1 Å². The summed E-state index contributed by atoms with van der Waals surface area (Å²) >= 11 is 0. The molecular formula is C21H23F3N4O2. The van der Waals surface area contributed by atoms with Crippen molar-refractivity contribution in [1.82, 2.24) is 20.0 Å². The Bertz CT molecular complexity index is 987. The Morgan fingerprint density at radius 2 is 2.07 bits per heavy atom. The Labute approximate surface area is 172 Å². The molecule has 2 aliphatic rings. The van der Waals surface area contributed by atoms with Gasteiger partial charge in [-0.05, 0) is 49.9 Å². The second-order valence-corrected chi connectivity index (χ2v) is 8.27. The second kappa shape index (κ2) is 7.14. The van der Waals surface area contributed by atoms with Gasteiger partial charge >= 0.3 is 6.18 Å². The van der Waals surface area contributed by atoms with Crippen molar-refractivity contribution in [3.05, 3.63) is 53.3 Å². The molecule has 0 spiro atoms. The lowest BCUT2D eigenvalue weighted by molar-refractivity contribution is -0.137. The number of benzene rings is 1. The number of likely N-dealkylation sites (tertiary alicyclic amines) is 1. The Morgan fingerprint density at radius 1 is 1.30 bits per heavy atom. The lowest BCUT2D eigenvalue weighted by Crippen LogP contribution is -2.54. The van der Waals surface area contributed by atoms with Gasteiger partial charge in [0.1, 0.15) is 5.69 Å². The number of rotatable bonds is 2. The monoisotopic (exact) mass is 420 g/mol. The number of carbonyl (C=O) groups is 2. The van der Waals surface area contributed by atoms with E-state index in [1.165, 1.54) is 16.9 Å². The molecule has 2 fully saturated rings. The van der Waals surface area contributed by atoms with Crippen LogP contribution >= 0.6 is 0 Å². The van der Waals surface area contributed by atoms with Crippen LogP contribution in [0.2, 0.25) is 0 Å². The summed E-state index contributed by atoms with van der Waals surface area (Å²) in [6.45, 7) is 1.87.